The van der Waals surface area contributed by atoms with Crippen molar-refractivity contribution in [1.29, 1.82) is 0 Å². The third kappa shape index (κ3) is 4.25. The van der Waals surface area contributed by atoms with Crippen LogP contribution in [-0.4, -0.2) is 23.9 Å². The summed E-state index contributed by atoms with van der Waals surface area (Å²) in [5.74, 6) is 0.0344. The van der Waals surface area contributed by atoms with Gasteiger partial charge < -0.3 is 10.6 Å². The maximum Gasteiger partial charge on any atom is 0.220 e. The summed E-state index contributed by atoms with van der Waals surface area (Å²) in [7, 11) is 0. The molecule has 0 saturated carbocycles. The fourth-order valence-electron chi connectivity index (χ4n) is 1.42. The second-order valence-electron chi connectivity index (χ2n) is 3.20. The third-order valence-electron chi connectivity index (χ3n) is 2.06. The van der Waals surface area contributed by atoms with Crippen LogP contribution in [0.5, 0.6) is 0 Å². The molecule has 14 heavy (non-hydrogen) atoms. The molecule has 0 aliphatic carbocycles. The first-order valence-electron chi connectivity index (χ1n) is 5.16. The van der Waals surface area contributed by atoms with E-state index >= 15 is 0 Å². The van der Waals surface area contributed by atoms with Crippen molar-refractivity contribution < 1.29 is 9.59 Å². The lowest BCUT2D eigenvalue weighted by Gasteiger charge is -2.29. The van der Waals surface area contributed by atoms with Gasteiger partial charge in [-0.2, -0.15) is 0 Å². The van der Waals surface area contributed by atoms with E-state index in [9.17, 15) is 9.59 Å². The molecule has 4 heteroatoms. The number of hydrogen-bond donors (Lipinski definition) is 2. The average Bonchev–Trinajstić information content (AvgIpc) is 2.13. The predicted molar refractivity (Wildman–Crippen MR) is 55.8 cm³/mol. The predicted octanol–water partition coefficient (Wildman–Crippen LogP) is 0.816. The minimum absolute atomic E-state index is 0.0389. The van der Waals surface area contributed by atoms with Crippen LogP contribution in [0.25, 0.3) is 0 Å². The van der Waals surface area contributed by atoms with Crippen LogP contribution in [0.2, 0.25) is 0 Å². The van der Waals surface area contributed by atoms with Crippen molar-refractivity contribution in [2.45, 2.75) is 52.6 Å². The average molecular weight is 200 g/mol. The molecule has 2 unspecified atom stereocenters. The summed E-state index contributed by atoms with van der Waals surface area (Å²) in [6.07, 6.45) is 1.25. The number of carbonyl (C=O) groups excluding carboxylic acids is 2. The van der Waals surface area contributed by atoms with Crippen molar-refractivity contribution in [3.8, 4) is 0 Å². The van der Waals surface area contributed by atoms with E-state index in [1.807, 2.05) is 20.8 Å². The second-order valence-corrected chi connectivity index (χ2v) is 3.20. The zero-order chi connectivity index (χ0) is 11.1. The Morgan fingerprint density at radius 1 is 1.50 bits per heavy atom. The van der Waals surface area contributed by atoms with Gasteiger partial charge in [-0.25, -0.2) is 0 Å². The standard InChI is InChI=1S/C8H14N2O2.C2H6/c1-5-7(10-6(2)11)3-4-8(12)9-5;1-2/h5,7H,3-4H2,1-2H3,(H,9,12)(H,10,11);1-2H3. The molecular formula is C10H20N2O2. The molecule has 1 heterocycles. The van der Waals surface area contributed by atoms with Gasteiger partial charge in [0.1, 0.15) is 0 Å². The fourth-order valence-corrected chi connectivity index (χ4v) is 1.42. The highest BCUT2D eigenvalue weighted by Gasteiger charge is 2.25. The molecule has 2 N–H and O–H groups in total. The Labute approximate surface area is 85.4 Å². The molecule has 0 aromatic rings. The fraction of sp³-hybridized carbons (Fsp3) is 0.800. The van der Waals surface area contributed by atoms with Crippen LogP contribution in [0.3, 0.4) is 0 Å². The minimum atomic E-state index is -0.0389. The Morgan fingerprint density at radius 2 is 2.07 bits per heavy atom. The first kappa shape index (κ1) is 12.9. The molecule has 1 aliphatic rings. The van der Waals surface area contributed by atoms with Crippen LogP contribution in [0.15, 0.2) is 0 Å². The van der Waals surface area contributed by atoms with E-state index in [2.05, 4.69) is 10.6 Å². The summed E-state index contributed by atoms with van der Waals surface area (Å²) < 4.78 is 0. The van der Waals surface area contributed by atoms with E-state index in [0.717, 1.165) is 6.42 Å². The van der Waals surface area contributed by atoms with Crippen molar-refractivity contribution in [2.75, 3.05) is 0 Å². The molecule has 82 valence electrons. The quantitative estimate of drug-likeness (QED) is 0.658. The topological polar surface area (TPSA) is 58.2 Å². The summed E-state index contributed by atoms with van der Waals surface area (Å²) in [5, 5.41) is 5.58. The molecule has 1 rings (SSSR count). The molecule has 1 aliphatic heterocycles. The Balaban J connectivity index is 0.000000791. The Bertz CT molecular complexity index is 204. The van der Waals surface area contributed by atoms with Crippen LogP contribution in [0.1, 0.15) is 40.5 Å². The van der Waals surface area contributed by atoms with Crippen LogP contribution in [-0.2, 0) is 9.59 Å². The Kier molecular flexibility index (Phi) is 5.92. The maximum atomic E-state index is 10.9. The molecule has 2 atom stereocenters. The van der Waals surface area contributed by atoms with E-state index in [1.165, 1.54) is 6.92 Å². The summed E-state index contributed by atoms with van der Waals surface area (Å²) in [6.45, 7) is 7.39. The molecule has 0 bridgehead atoms. The Morgan fingerprint density at radius 3 is 2.50 bits per heavy atom. The van der Waals surface area contributed by atoms with Gasteiger partial charge in [0.25, 0.3) is 0 Å². The van der Waals surface area contributed by atoms with Gasteiger partial charge in [0, 0.05) is 25.4 Å². The van der Waals surface area contributed by atoms with E-state index in [4.69, 9.17) is 0 Å². The monoisotopic (exact) mass is 200 g/mol. The third-order valence-corrected chi connectivity index (χ3v) is 2.06. The summed E-state index contributed by atoms with van der Waals surface area (Å²) in [4.78, 5) is 21.6. The van der Waals surface area contributed by atoms with Gasteiger partial charge in [0.2, 0.25) is 11.8 Å². The van der Waals surface area contributed by atoms with E-state index in [1.54, 1.807) is 0 Å². The van der Waals surface area contributed by atoms with Crippen molar-refractivity contribution in [3.63, 3.8) is 0 Å². The van der Waals surface area contributed by atoms with Gasteiger partial charge in [0.05, 0.1) is 0 Å². The van der Waals surface area contributed by atoms with Gasteiger partial charge >= 0.3 is 0 Å². The molecule has 4 nitrogen and oxygen atoms in total. The van der Waals surface area contributed by atoms with Crippen molar-refractivity contribution in [1.82, 2.24) is 10.6 Å². The normalized spacial score (nSPS) is 25.6. The van der Waals surface area contributed by atoms with Crippen molar-refractivity contribution in [2.24, 2.45) is 0 Å². The van der Waals surface area contributed by atoms with Gasteiger partial charge in [-0.3, -0.25) is 9.59 Å². The molecule has 2 amide bonds. The number of hydrogen-bond acceptors (Lipinski definition) is 2. The number of piperidine rings is 1. The first-order valence-corrected chi connectivity index (χ1v) is 5.16. The molecule has 0 spiro atoms. The van der Waals surface area contributed by atoms with E-state index in [0.29, 0.717) is 6.42 Å². The van der Waals surface area contributed by atoms with Gasteiger partial charge in [-0.15, -0.1) is 0 Å². The van der Waals surface area contributed by atoms with Crippen LogP contribution in [0.4, 0.5) is 0 Å². The van der Waals surface area contributed by atoms with Crippen LogP contribution < -0.4 is 10.6 Å². The van der Waals surface area contributed by atoms with Gasteiger partial charge in [-0.1, -0.05) is 13.8 Å². The number of rotatable bonds is 1. The summed E-state index contributed by atoms with van der Waals surface area (Å²) in [5.41, 5.74) is 0. The molecule has 0 radical (unpaired) electrons. The zero-order valence-electron chi connectivity index (χ0n) is 9.39. The minimum Gasteiger partial charge on any atom is -0.352 e. The SMILES string of the molecule is CC.CC(=O)NC1CCC(=O)NC1C. The highest BCUT2D eigenvalue weighted by Crippen LogP contribution is 2.08. The molecular weight excluding hydrogens is 180 g/mol. The number of nitrogens with one attached hydrogen (secondary N) is 2. The number of amides is 2. The molecule has 0 aromatic carbocycles. The van der Waals surface area contributed by atoms with Crippen LogP contribution >= 0.6 is 0 Å². The Hall–Kier alpha value is -1.06. The lowest BCUT2D eigenvalue weighted by molar-refractivity contribution is -0.126. The summed E-state index contributed by atoms with van der Waals surface area (Å²) >= 11 is 0. The van der Waals surface area contributed by atoms with Gasteiger partial charge in [0.15, 0.2) is 0 Å². The smallest absolute Gasteiger partial charge is 0.220 e. The van der Waals surface area contributed by atoms with E-state index < -0.39 is 0 Å². The highest BCUT2D eigenvalue weighted by atomic mass is 16.2. The molecule has 1 saturated heterocycles. The highest BCUT2D eigenvalue weighted by molar-refractivity contribution is 5.78. The maximum absolute atomic E-state index is 10.9. The van der Waals surface area contributed by atoms with Crippen LogP contribution in [0, 0.1) is 0 Å². The van der Waals surface area contributed by atoms with Crippen molar-refractivity contribution >= 4 is 11.8 Å². The molecule has 1 fully saturated rings. The second kappa shape index (κ2) is 6.40. The van der Waals surface area contributed by atoms with Gasteiger partial charge in [-0.05, 0) is 13.3 Å². The first-order chi connectivity index (χ1) is 6.59. The van der Waals surface area contributed by atoms with E-state index in [-0.39, 0.29) is 23.9 Å². The summed E-state index contributed by atoms with van der Waals surface area (Å²) in [6, 6.07) is 0.148. The van der Waals surface area contributed by atoms with Crippen molar-refractivity contribution in [3.05, 3.63) is 0 Å². The number of carbonyl (C=O) groups is 2. The molecule has 0 aromatic heterocycles. The zero-order valence-corrected chi connectivity index (χ0v) is 9.39. The largest absolute Gasteiger partial charge is 0.352 e. The lowest BCUT2D eigenvalue weighted by Crippen LogP contribution is -2.53. The lowest BCUT2D eigenvalue weighted by atomic mass is 9.99.